The SMILES string of the molecule is C.CNC(=O)CN=CC(=CN)[C@@H]1CC[C@]2(C[C@H](C)N1)OCCc1cc(Cl)sc12. The third kappa shape index (κ3) is 4.95. The lowest BCUT2D eigenvalue weighted by atomic mass is 9.85. The average Bonchev–Trinajstić information content (AvgIpc) is 2.96. The summed E-state index contributed by atoms with van der Waals surface area (Å²) in [5, 5.41) is 6.20. The van der Waals surface area contributed by atoms with Crippen molar-refractivity contribution in [2.75, 3.05) is 20.2 Å². The molecule has 3 atom stereocenters. The van der Waals surface area contributed by atoms with Gasteiger partial charge in [0.2, 0.25) is 5.91 Å². The summed E-state index contributed by atoms with van der Waals surface area (Å²) in [5.74, 6) is -0.124. The molecule has 2 aliphatic heterocycles. The van der Waals surface area contributed by atoms with Gasteiger partial charge in [0.15, 0.2) is 0 Å². The van der Waals surface area contributed by atoms with Crippen LogP contribution in [0.15, 0.2) is 22.8 Å². The number of carbonyl (C=O) groups is 1. The molecule has 2 aliphatic rings. The molecular weight excluding hydrogens is 396 g/mol. The number of carbonyl (C=O) groups excluding carboxylic acids is 1. The predicted octanol–water partition coefficient (Wildman–Crippen LogP) is 3.00. The van der Waals surface area contributed by atoms with Crippen LogP contribution < -0.4 is 16.4 Å². The Bertz CT molecular complexity index is 749. The molecule has 3 heterocycles. The van der Waals surface area contributed by atoms with Crippen molar-refractivity contribution >= 4 is 35.1 Å². The van der Waals surface area contributed by atoms with Crippen LogP contribution in [0, 0.1) is 0 Å². The Morgan fingerprint density at radius 3 is 3.11 bits per heavy atom. The van der Waals surface area contributed by atoms with Gasteiger partial charge >= 0.3 is 0 Å². The standard InChI is InChI=1S/C19H27ClN4O2S.CH4/c1-12-8-19(18-13(4-6-26-19)7-16(20)27-18)5-3-15(24-12)14(9-21)10-23-11-17(25)22-2;/h7,9-10,12,15,24H,3-6,8,11,21H2,1-2H3,(H,22,25);1H4/t12-,15-,19+;/m0./s1. The van der Waals surface area contributed by atoms with Gasteiger partial charge in [0.1, 0.15) is 12.1 Å². The summed E-state index contributed by atoms with van der Waals surface area (Å²) in [5.41, 5.74) is 7.79. The second-order valence-corrected chi connectivity index (χ2v) is 8.85. The highest BCUT2D eigenvalue weighted by Gasteiger charge is 2.43. The normalized spacial score (nSPS) is 27.9. The number of amides is 1. The summed E-state index contributed by atoms with van der Waals surface area (Å²) in [4.78, 5) is 16.9. The summed E-state index contributed by atoms with van der Waals surface area (Å²) in [7, 11) is 1.60. The van der Waals surface area contributed by atoms with E-state index in [-0.39, 0.29) is 37.6 Å². The maximum atomic E-state index is 11.4. The van der Waals surface area contributed by atoms with Crippen LogP contribution in [0.3, 0.4) is 0 Å². The molecule has 156 valence electrons. The highest BCUT2D eigenvalue weighted by atomic mass is 35.5. The molecule has 28 heavy (non-hydrogen) atoms. The quantitative estimate of drug-likeness (QED) is 0.645. The van der Waals surface area contributed by atoms with Crippen molar-refractivity contribution in [2.45, 2.75) is 57.7 Å². The topological polar surface area (TPSA) is 88.7 Å². The summed E-state index contributed by atoms with van der Waals surface area (Å²) in [6.07, 6.45) is 6.84. The van der Waals surface area contributed by atoms with E-state index in [9.17, 15) is 4.79 Å². The highest BCUT2D eigenvalue weighted by molar-refractivity contribution is 7.16. The summed E-state index contributed by atoms with van der Waals surface area (Å²) >= 11 is 7.94. The van der Waals surface area contributed by atoms with Gasteiger partial charge in [-0.25, -0.2) is 0 Å². The van der Waals surface area contributed by atoms with Crippen LogP contribution in [0.1, 0.15) is 44.1 Å². The van der Waals surface area contributed by atoms with Crippen LogP contribution in [0.4, 0.5) is 0 Å². The third-order valence-corrected chi connectivity index (χ3v) is 6.74. The van der Waals surface area contributed by atoms with Gasteiger partial charge in [-0.3, -0.25) is 9.79 Å². The van der Waals surface area contributed by atoms with E-state index in [0.29, 0.717) is 0 Å². The minimum Gasteiger partial charge on any atom is -0.404 e. The van der Waals surface area contributed by atoms with Gasteiger partial charge in [-0.2, -0.15) is 0 Å². The molecule has 1 aromatic rings. The van der Waals surface area contributed by atoms with Crippen LogP contribution in [0.2, 0.25) is 4.34 Å². The van der Waals surface area contributed by atoms with Crippen LogP contribution in [-0.2, 0) is 21.6 Å². The number of rotatable bonds is 4. The van der Waals surface area contributed by atoms with Gasteiger partial charge in [-0.1, -0.05) is 19.0 Å². The molecule has 4 N–H and O–H groups in total. The minimum absolute atomic E-state index is 0. The van der Waals surface area contributed by atoms with Crippen molar-refractivity contribution in [1.82, 2.24) is 10.6 Å². The number of nitrogens with one attached hydrogen (secondary N) is 2. The number of nitrogens with two attached hydrogens (primary N) is 1. The van der Waals surface area contributed by atoms with Crippen molar-refractivity contribution < 1.29 is 9.53 Å². The molecule has 8 heteroatoms. The third-order valence-electron chi connectivity index (χ3n) is 5.25. The van der Waals surface area contributed by atoms with Gasteiger partial charge < -0.3 is 21.1 Å². The van der Waals surface area contributed by atoms with E-state index in [0.717, 1.165) is 42.2 Å². The molecule has 0 aliphatic carbocycles. The fraction of sp³-hybridized carbons (Fsp3) is 0.600. The lowest BCUT2D eigenvalue weighted by Crippen LogP contribution is -2.40. The maximum absolute atomic E-state index is 11.4. The zero-order valence-electron chi connectivity index (χ0n) is 15.8. The van der Waals surface area contributed by atoms with E-state index in [1.54, 1.807) is 30.8 Å². The van der Waals surface area contributed by atoms with E-state index in [4.69, 9.17) is 22.1 Å². The zero-order valence-corrected chi connectivity index (χ0v) is 17.3. The monoisotopic (exact) mass is 426 g/mol. The Hall–Kier alpha value is -1.41. The predicted molar refractivity (Wildman–Crippen MR) is 117 cm³/mol. The van der Waals surface area contributed by atoms with Gasteiger partial charge in [0.05, 0.1) is 10.9 Å². The Morgan fingerprint density at radius 2 is 2.39 bits per heavy atom. The van der Waals surface area contributed by atoms with Crippen molar-refractivity contribution in [1.29, 1.82) is 0 Å². The Kier molecular flexibility index (Phi) is 8.07. The number of halogens is 1. The molecule has 1 aromatic heterocycles. The molecule has 0 aromatic carbocycles. The fourth-order valence-electron chi connectivity index (χ4n) is 4.01. The van der Waals surface area contributed by atoms with Crippen LogP contribution >= 0.6 is 22.9 Å². The van der Waals surface area contributed by atoms with E-state index in [1.165, 1.54) is 10.4 Å². The van der Waals surface area contributed by atoms with E-state index >= 15 is 0 Å². The number of likely N-dealkylation sites (N-methyl/N-ethyl adjacent to an activating group) is 1. The minimum atomic E-state index is -0.286. The first kappa shape index (κ1) is 22.9. The molecule has 1 amide bonds. The van der Waals surface area contributed by atoms with Gasteiger partial charge in [0.25, 0.3) is 0 Å². The summed E-state index contributed by atoms with van der Waals surface area (Å²) in [6.45, 7) is 2.99. The van der Waals surface area contributed by atoms with Crippen molar-refractivity contribution in [3.8, 4) is 0 Å². The summed E-state index contributed by atoms with van der Waals surface area (Å²) in [6, 6.07) is 2.40. The molecule has 0 saturated carbocycles. The first-order valence-corrected chi connectivity index (χ1v) is 10.5. The van der Waals surface area contributed by atoms with Gasteiger partial charge in [0, 0.05) is 42.0 Å². The van der Waals surface area contributed by atoms with Crippen molar-refractivity contribution in [3.05, 3.63) is 32.6 Å². The summed E-state index contributed by atoms with van der Waals surface area (Å²) < 4.78 is 7.19. The largest absolute Gasteiger partial charge is 0.404 e. The maximum Gasteiger partial charge on any atom is 0.241 e. The van der Waals surface area contributed by atoms with E-state index in [2.05, 4.69) is 28.6 Å². The van der Waals surface area contributed by atoms with E-state index in [1.807, 2.05) is 0 Å². The number of ether oxygens (including phenoxy) is 1. The zero-order chi connectivity index (χ0) is 19.4. The first-order valence-electron chi connectivity index (χ1n) is 9.28. The van der Waals surface area contributed by atoms with Crippen LogP contribution in [-0.4, -0.2) is 44.4 Å². The molecule has 3 rings (SSSR count). The average molecular weight is 427 g/mol. The smallest absolute Gasteiger partial charge is 0.241 e. The van der Waals surface area contributed by atoms with Gasteiger partial charge in [-0.15, -0.1) is 11.3 Å². The molecule has 0 bridgehead atoms. The second kappa shape index (κ2) is 9.87. The first-order chi connectivity index (χ1) is 13.0. The lowest BCUT2D eigenvalue weighted by molar-refractivity contribution is -0.119. The Balaban J connectivity index is 0.00000280. The number of fused-ring (bicyclic) bond motifs is 2. The fourth-order valence-corrected chi connectivity index (χ4v) is 5.49. The van der Waals surface area contributed by atoms with Crippen LogP contribution in [0.25, 0.3) is 0 Å². The Morgan fingerprint density at radius 1 is 1.61 bits per heavy atom. The molecule has 6 nitrogen and oxygen atoms in total. The molecule has 1 fully saturated rings. The lowest BCUT2D eigenvalue weighted by Gasteiger charge is -2.37. The number of hydrogen-bond acceptors (Lipinski definition) is 6. The number of aliphatic imine (C=N–C) groups is 1. The number of thiophene rings is 1. The van der Waals surface area contributed by atoms with Crippen LogP contribution in [0.5, 0.6) is 0 Å². The highest BCUT2D eigenvalue weighted by Crippen LogP contribution is 2.47. The number of hydrogen-bond donors (Lipinski definition) is 3. The number of nitrogens with zero attached hydrogens (tertiary/aromatic N) is 1. The Labute approximate surface area is 176 Å². The van der Waals surface area contributed by atoms with Gasteiger partial charge in [-0.05, 0) is 44.2 Å². The molecule has 1 saturated heterocycles. The molecule has 0 unspecified atom stereocenters. The molecule has 0 radical (unpaired) electrons. The van der Waals surface area contributed by atoms with Crippen molar-refractivity contribution in [3.63, 3.8) is 0 Å². The molecular formula is C20H31ClN4O2S. The molecule has 1 spiro atoms. The van der Waals surface area contributed by atoms with E-state index < -0.39 is 0 Å². The van der Waals surface area contributed by atoms with Crippen molar-refractivity contribution in [2.24, 2.45) is 10.7 Å². The second-order valence-electron chi connectivity index (χ2n) is 7.17.